The second-order valence-corrected chi connectivity index (χ2v) is 4.38. The highest BCUT2D eigenvalue weighted by Gasteiger charge is 2.18. The van der Waals surface area contributed by atoms with Gasteiger partial charge in [0.05, 0.1) is 0 Å². The van der Waals surface area contributed by atoms with Gasteiger partial charge in [-0.15, -0.1) is 6.42 Å². The molecule has 0 unspecified atom stereocenters. The monoisotopic (exact) mass is 206 g/mol. The fourth-order valence-corrected chi connectivity index (χ4v) is 1.32. The van der Waals surface area contributed by atoms with Gasteiger partial charge in [-0.3, -0.25) is 0 Å². The number of halogens is 1. The molecule has 0 aliphatic heterocycles. The Morgan fingerprint density at radius 2 is 2.07 bits per heavy atom. The van der Waals surface area contributed by atoms with Crippen molar-refractivity contribution in [2.75, 3.05) is 6.61 Å². The molecule has 0 radical (unpaired) electrons. The first-order chi connectivity index (χ1) is 6.95. The van der Waals surface area contributed by atoms with Gasteiger partial charge in [0.25, 0.3) is 0 Å². The third-order valence-electron chi connectivity index (χ3n) is 2.07. The molecule has 0 spiro atoms. The number of hydrogen-bond acceptors (Lipinski definition) is 1. The first kappa shape index (κ1) is 11.6. The minimum absolute atomic E-state index is 0.161. The zero-order chi connectivity index (χ0) is 11.5. The molecule has 0 aromatic heterocycles. The van der Waals surface area contributed by atoms with E-state index in [1.807, 2.05) is 20.8 Å². The molecule has 2 heteroatoms. The van der Waals surface area contributed by atoms with E-state index in [4.69, 9.17) is 11.2 Å². The Labute approximate surface area is 90.3 Å². The molecule has 1 aromatic carbocycles. The van der Waals surface area contributed by atoms with Gasteiger partial charge in [0, 0.05) is 6.07 Å². The minimum Gasteiger partial charge on any atom is -0.481 e. The highest BCUT2D eigenvalue weighted by Crippen LogP contribution is 2.27. The summed E-state index contributed by atoms with van der Waals surface area (Å²) in [4.78, 5) is 0. The van der Waals surface area contributed by atoms with Gasteiger partial charge in [0.15, 0.2) is 0 Å². The SMILES string of the molecule is C#CCOc1ccc(C(C)(C)C)c(F)c1. The van der Waals surface area contributed by atoms with Gasteiger partial charge in [-0.25, -0.2) is 4.39 Å². The smallest absolute Gasteiger partial charge is 0.148 e. The Balaban J connectivity index is 2.94. The molecule has 0 aliphatic rings. The van der Waals surface area contributed by atoms with Crippen LogP contribution in [0.1, 0.15) is 26.3 Å². The van der Waals surface area contributed by atoms with Gasteiger partial charge in [-0.05, 0) is 17.0 Å². The molecule has 1 nitrogen and oxygen atoms in total. The quantitative estimate of drug-likeness (QED) is 0.675. The molecule has 0 N–H and O–H groups in total. The molecule has 0 heterocycles. The van der Waals surface area contributed by atoms with Crippen molar-refractivity contribution >= 4 is 0 Å². The molecule has 0 atom stereocenters. The number of rotatable bonds is 2. The summed E-state index contributed by atoms with van der Waals surface area (Å²) in [7, 11) is 0. The summed E-state index contributed by atoms with van der Waals surface area (Å²) in [6.07, 6.45) is 5.04. The van der Waals surface area contributed by atoms with Crippen LogP contribution < -0.4 is 4.74 Å². The second-order valence-electron chi connectivity index (χ2n) is 4.38. The lowest BCUT2D eigenvalue weighted by Crippen LogP contribution is -2.13. The summed E-state index contributed by atoms with van der Waals surface area (Å²) < 4.78 is 18.8. The maximum atomic E-state index is 13.6. The predicted molar refractivity (Wildman–Crippen MR) is 59.4 cm³/mol. The van der Waals surface area contributed by atoms with E-state index in [2.05, 4.69) is 5.92 Å². The fourth-order valence-electron chi connectivity index (χ4n) is 1.32. The third kappa shape index (κ3) is 2.99. The largest absolute Gasteiger partial charge is 0.481 e. The highest BCUT2D eigenvalue weighted by molar-refractivity contribution is 5.32. The summed E-state index contributed by atoms with van der Waals surface area (Å²) >= 11 is 0. The van der Waals surface area contributed by atoms with Crippen molar-refractivity contribution < 1.29 is 9.13 Å². The highest BCUT2D eigenvalue weighted by atomic mass is 19.1. The maximum absolute atomic E-state index is 13.6. The van der Waals surface area contributed by atoms with E-state index in [0.29, 0.717) is 11.3 Å². The fraction of sp³-hybridized carbons (Fsp3) is 0.385. The molecular formula is C13H15FO. The standard InChI is InChI=1S/C13H15FO/c1-5-8-15-10-6-7-11(12(14)9-10)13(2,3)4/h1,6-7,9H,8H2,2-4H3. The van der Waals surface area contributed by atoms with Crippen LogP contribution in [-0.2, 0) is 5.41 Å². The van der Waals surface area contributed by atoms with Crippen molar-refractivity contribution in [3.63, 3.8) is 0 Å². The van der Waals surface area contributed by atoms with E-state index < -0.39 is 0 Å². The molecule has 15 heavy (non-hydrogen) atoms. The first-order valence-electron chi connectivity index (χ1n) is 4.81. The summed E-state index contributed by atoms with van der Waals surface area (Å²) in [5.41, 5.74) is 0.477. The molecule has 0 saturated carbocycles. The van der Waals surface area contributed by atoms with Gasteiger partial charge in [0.2, 0.25) is 0 Å². The number of benzene rings is 1. The molecule has 0 fully saturated rings. The molecule has 0 amide bonds. The Bertz CT molecular complexity index is 383. The summed E-state index contributed by atoms with van der Waals surface area (Å²) in [6, 6.07) is 4.85. The van der Waals surface area contributed by atoms with Crippen LogP contribution in [0.2, 0.25) is 0 Å². The van der Waals surface area contributed by atoms with Gasteiger partial charge < -0.3 is 4.74 Å². The first-order valence-corrected chi connectivity index (χ1v) is 4.81. The summed E-state index contributed by atoms with van der Waals surface area (Å²) in [6.45, 7) is 6.06. The minimum atomic E-state index is -0.253. The molecule has 80 valence electrons. The molecule has 0 saturated heterocycles. The topological polar surface area (TPSA) is 9.23 Å². The van der Waals surface area contributed by atoms with Crippen LogP contribution in [0.15, 0.2) is 18.2 Å². The molecule has 1 rings (SSSR count). The van der Waals surface area contributed by atoms with E-state index in [9.17, 15) is 4.39 Å². The molecule has 0 bridgehead atoms. The van der Waals surface area contributed by atoms with Crippen LogP contribution in [0.5, 0.6) is 5.75 Å². The molecular weight excluding hydrogens is 191 g/mol. The van der Waals surface area contributed by atoms with Crippen LogP contribution in [-0.4, -0.2) is 6.61 Å². The van der Waals surface area contributed by atoms with E-state index in [1.54, 1.807) is 12.1 Å². The lowest BCUT2D eigenvalue weighted by Gasteiger charge is -2.20. The zero-order valence-corrected chi connectivity index (χ0v) is 9.30. The van der Waals surface area contributed by atoms with Crippen molar-refractivity contribution in [1.82, 2.24) is 0 Å². The Morgan fingerprint density at radius 1 is 1.40 bits per heavy atom. The third-order valence-corrected chi connectivity index (χ3v) is 2.07. The second kappa shape index (κ2) is 4.35. The number of terminal acetylenes is 1. The van der Waals surface area contributed by atoms with E-state index in [1.165, 1.54) is 6.07 Å². The van der Waals surface area contributed by atoms with Gasteiger partial charge >= 0.3 is 0 Å². The van der Waals surface area contributed by atoms with Crippen LogP contribution in [0.25, 0.3) is 0 Å². The number of ether oxygens (including phenoxy) is 1. The van der Waals surface area contributed by atoms with Crippen molar-refractivity contribution in [1.29, 1.82) is 0 Å². The van der Waals surface area contributed by atoms with Gasteiger partial charge in [-0.1, -0.05) is 32.8 Å². The average molecular weight is 206 g/mol. The van der Waals surface area contributed by atoms with Crippen LogP contribution in [0.4, 0.5) is 4.39 Å². The summed E-state index contributed by atoms with van der Waals surface area (Å²) in [5, 5.41) is 0. The van der Waals surface area contributed by atoms with Crippen molar-refractivity contribution in [3.05, 3.63) is 29.6 Å². The van der Waals surface area contributed by atoms with Crippen LogP contribution in [0.3, 0.4) is 0 Å². The predicted octanol–water partition coefficient (Wildman–Crippen LogP) is 3.14. The average Bonchev–Trinajstić information content (AvgIpc) is 2.12. The Hall–Kier alpha value is -1.49. The normalized spacial score (nSPS) is 10.9. The molecule has 0 aliphatic carbocycles. The van der Waals surface area contributed by atoms with E-state index in [0.717, 1.165) is 0 Å². The van der Waals surface area contributed by atoms with Crippen molar-refractivity contribution in [3.8, 4) is 18.1 Å². The van der Waals surface area contributed by atoms with Crippen LogP contribution in [0, 0.1) is 18.2 Å². The lowest BCUT2D eigenvalue weighted by atomic mass is 9.87. The van der Waals surface area contributed by atoms with Crippen molar-refractivity contribution in [2.24, 2.45) is 0 Å². The lowest BCUT2D eigenvalue weighted by molar-refractivity contribution is 0.366. The van der Waals surface area contributed by atoms with Crippen LogP contribution >= 0.6 is 0 Å². The Kier molecular flexibility index (Phi) is 3.36. The Morgan fingerprint density at radius 3 is 2.53 bits per heavy atom. The number of hydrogen-bond donors (Lipinski definition) is 0. The van der Waals surface area contributed by atoms with E-state index >= 15 is 0 Å². The summed E-state index contributed by atoms with van der Waals surface area (Å²) in [5.74, 6) is 2.55. The van der Waals surface area contributed by atoms with Gasteiger partial charge in [-0.2, -0.15) is 0 Å². The van der Waals surface area contributed by atoms with E-state index in [-0.39, 0.29) is 17.8 Å². The zero-order valence-electron chi connectivity index (χ0n) is 9.30. The maximum Gasteiger partial charge on any atom is 0.148 e. The van der Waals surface area contributed by atoms with Crippen molar-refractivity contribution in [2.45, 2.75) is 26.2 Å². The molecule has 1 aromatic rings. The van der Waals surface area contributed by atoms with Gasteiger partial charge in [0.1, 0.15) is 18.2 Å².